The van der Waals surface area contributed by atoms with Crippen molar-refractivity contribution in [3.8, 4) is 5.75 Å². The van der Waals surface area contributed by atoms with E-state index in [1.165, 1.54) is 11.1 Å². The minimum absolute atomic E-state index is 0.192. The maximum Gasteiger partial charge on any atom is 0.132 e. The fraction of sp³-hybridized carbons (Fsp3) is 0.462. The molecule has 1 aromatic heterocycles. The summed E-state index contributed by atoms with van der Waals surface area (Å²) in [6, 6.07) is 15.3. The number of aryl methyl sites for hydroxylation is 1. The monoisotopic (exact) mass is 404 g/mol. The Hall–Kier alpha value is -2.62. The van der Waals surface area contributed by atoms with Gasteiger partial charge in [-0.3, -0.25) is 4.79 Å². The summed E-state index contributed by atoms with van der Waals surface area (Å²) in [5.74, 6) is 2.50. The molecule has 0 radical (unpaired) electrons. The van der Waals surface area contributed by atoms with Crippen molar-refractivity contribution in [2.75, 3.05) is 0 Å². The van der Waals surface area contributed by atoms with Gasteiger partial charge in [0, 0.05) is 24.4 Å². The highest BCUT2D eigenvalue weighted by molar-refractivity contribution is 5.79. The van der Waals surface area contributed by atoms with Crippen molar-refractivity contribution in [2.24, 2.45) is 5.92 Å². The molecule has 30 heavy (non-hydrogen) atoms. The van der Waals surface area contributed by atoms with Crippen molar-refractivity contribution < 1.29 is 9.53 Å². The highest BCUT2D eigenvalue weighted by Gasteiger charge is 2.25. The molecule has 0 atom stereocenters. The van der Waals surface area contributed by atoms with Crippen molar-refractivity contribution in [3.05, 3.63) is 59.4 Å². The lowest BCUT2D eigenvalue weighted by Crippen LogP contribution is -2.26. The first kappa shape index (κ1) is 20.6. The number of imidazole rings is 1. The molecule has 0 saturated heterocycles. The van der Waals surface area contributed by atoms with E-state index >= 15 is 0 Å². The molecule has 4 rings (SSSR count). The third kappa shape index (κ3) is 4.43. The van der Waals surface area contributed by atoms with Crippen LogP contribution in [0.1, 0.15) is 69.4 Å². The van der Waals surface area contributed by atoms with Crippen LogP contribution in [0.3, 0.4) is 0 Å². The third-order valence-corrected chi connectivity index (χ3v) is 6.25. The molecule has 2 aromatic carbocycles. The van der Waals surface area contributed by atoms with Gasteiger partial charge < -0.3 is 9.30 Å². The van der Waals surface area contributed by atoms with Crippen molar-refractivity contribution >= 4 is 16.8 Å². The van der Waals surface area contributed by atoms with Gasteiger partial charge in [-0.25, -0.2) is 4.98 Å². The highest BCUT2D eigenvalue weighted by atomic mass is 16.5. The summed E-state index contributed by atoms with van der Waals surface area (Å²) in [5, 5.41) is 0. The number of carbonyl (C=O) groups is 1. The number of hydrogen-bond donors (Lipinski definition) is 0. The number of carbonyl (C=O) groups excluding carboxylic acids is 1. The van der Waals surface area contributed by atoms with E-state index in [-0.39, 0.29) is 12.0 Å². The Morgan fingerprint density at radius 2 is 1.90 bits per heavy atom. The third-order valence-electron chi connectivity index (χ3n) is 6.25. The SMILES string of the molecule is CC(=O)C1CCC(Oc2ccc3c(c2)nc(Cc2cccc(C)c2)n3C(C)C)CC1. The second-order valence-corrected chi connectivity index (χ2v) is 9.01. The van der Waals surface area contributed by atoms with Crippen molar-refractivity contribution in [3.63, 3.8) is 0 Å². The van der Waals surface area contributed by atoms with Crippen LogP contribution in [-0.4, -0.2) is 21.4 Å². The molecule has 0 unspecified atom stereocenters. The molecular formula is C26H32N2O2. The zero-order valence-electron chi connectivity index (χ0n) is 18.5. The topological polar surface area (TPSA) is 44.1 Å². The van der Waals surface area contributed by atoms with Gasteiger partial charge in [-0.05, 0) is 71.1 Å². The molecule has 158 valence electrons. The molecule has 1 fully saturated rings. The van der Waals surface area contributed by atoms with E-state index in [1.807, 2.05) is 0 Å². The number of nitrogens with zero attached hydrogens (tertiary/aromatic N) is 2. The molecular weight excluding hydrogens is 372 g/mol. The van der Waals surface area contributed by atoms with E-state index < -0.39 is 0 Å². The van der Waals surface area contributed by atoms with Gasteiger partial charge in [-0.1, -0.05) is 29.8 Å². The van der Waals surface area contributed by atoms with E-state index in [2.05, 4.69) is 67.8 Å². The van der Waals surface area contributed by atoms with Crippen molar-refractivity contribution in [2.45, 2.75) is 71.9 Å². The van der Waals surface area contributed by atoms with E-state index in [0.29, 0.717) is 11.8 Å². The normalized spacial score (nSPS) is 19.4. The van der Waals surface area contributed by atoms with Crippen LogP contribution in [0.25, 0.3) is 11.0 Å². The molecule has 4 heteroatoms. The number of fused-ring (bicyclic) bond motifs is 1. The summed E-state index contributed by atoms with van der Waals surface area (Å²) in [6.45, 7) is 8.25. The summed E-state index contributed by atoms with van der Waals surface area (Å²) in [7, 11) is 0. The number of rotatable bonds is 6. The molecule has 0 aliphatic heterocycles. The highest BCUT2D eigenvalue weighted by Crippen LogP contribution is 2.31. The van der Waals surface area contributed by atoms with Gasteiger partial charge in [0.05, 0.1) is 17.1 Å². The summed E-state index contributed by atoms with van der Waals surface area (Å²) in [4.78, 5) is 16.6. The largest absolute Gasteiger partial charge is 0.490 e. The molecule has 1 saturated carbocycles. The number of hydrogen-bond acceptors (Lipinski definition) is 3. The van der Waals surface area contributed by atoms with Gasteiger partial charge in [0.2, 0.25) is 0 Å². The van der Waals surface area contributed by atoms with Gasteiger partial charge in [-0.15, -0.1) is 0 Å². The standard InChI is InChI=1S/C26H32N2O2/c1-17(2)28-25-13-12-23(30-22-10-8-21(9-11-22)19(4)29)16-24(25)27-26(28)15-20-7-5-6-18(3)14-20/h5-7,12-14,16-17,21-22H,8-11,15H2,1-4H3. The number of benzene rings is 2. The van der Waals surface area contributed by atoms with Gasteiger partial charge in [0.25, 0.3) is 0 Å². The van der Waals surface area contributed by atoms with E-state index in [9.17, 15) is 4.79 Å². The molecule has 0 spiro atoms. The molecule has 1 aliphatic rings. The van der Waals surface area contributed by atoms with Crippen molar-refractivity contribution in [1.29, 1.82) is 0 Å². The average molecular weight is 405 g/mol. The molecule has 4 nitrogen and oxygen atoms in total. The fourth-order valence-electron chi connectivity index (χ4n) is 4.69. The first-order valence-corrected chi connectivity index (χ1v) is 11.1. The first-order valence-electron chi connectivity index (χ1n) is 11.1. The van der Waals surface area contributed by atoms with Crippen LogP contribution in [-0.2, 0) is 11.2 Å². The minimum Gasteiger partial charge on any atom is -0.490 e. The lowest BCUT2D eigenvalue weighted by atomic mass is 9.85. The average Bonchev–Trinajstić information content (AvgIpc) is 3.05. The lowest BCUT2D eigenvalue weighted by Gasteiger charge is -2.27. The van der Waals surface area contributed by atoms with E-state index in [0.717, 1.165) is 54.7 Å². The number of ether oxygens (including phenoxy) is 1. The van der Waals surface area contributed by atoms with Crippen LogP contribution in [0.5, 0.6) is 5.75 Å². The predicted molar refractivity (Wildman–Crippen MR) is 121 cm³/mol. The number of aromatic nitrogens is 2. The first-order chi connectivity index (χ1) is 14.4. The minimum atomic E-state index is 0.192. The molecule has 1 heterocycles. The summed E-state index contributed by atoms with van der Waals surface area (Å²) < 4.78 is 8.61. The van der Waals surface area contributed by atoms with E-state index in [1.54, 1.807) is 6.92 Å². The summed E-state index contributed by atoms with van der Waals surface area (Å²) >= 11 is 0. The summed E-state index contributed by atoms with van der Waals surface area (Å²) in [5.41, 5.74) is 4.70. The van der Waals surface area contributed by atoms with Crippen LogP contribution in [0.2, 0.25) is 0 Å². The lowest BCUT2D eigenvalue weighted by molar-refractivity contribution is -0.122. The van der Waals surface area contributed by atoms with Crippen LogP contribution < -0.4 is 4.74 Å². The van der Waals surface area contributed by atoms with Gasteiger partial charge in [-0.2, -0.15) is 0 Å². The summed E-state index contributed by atoms with van der Waals surface area (Å²) in [6.07, 6.45) is 4.77. The molecule has 0 amide bonds. The zero-order valence-corrected chi connectivity index (χ0v) is 18.5. The van der Waals surface area contributed by atoms with Crippen LogP contribution in [0.15, 0.2) is 42.5 Å². The van der Waals surface area contributed by atoms with Crippen LogP contribution in [0, 0.1) is 12.8 Å². The maximum atomic E-state index is 11.6. The number of Topliss-reactive ketones (excluding diaryl/α,β-unsaturated/α-hetero) is 1. The fourth-order valence-corrected chi connectivity index (χ4v) is 4.69. The second-order valence-electron chi connectivity index (χ2n) is 9.01. The van der Waals surface area contributed by atoms with Gasteiger partial charge in [0.1, 0.15) is 17.4 Å². The van der Waals surface area contributed by atoms with Crippen LogP contribution >= 0.6 is 0 Å². The van der Waals surface area contributed by atoms with Crippen molar-refractivity contribution in [1.82, 2.24) is 9.55 Å². The van der Waals surface area contributed by atoms with Gasteiger partial charge >= 0.3 is 0 Å². The maximum absolute atomic E-state index is 11.6. The predicted octanol–water partition coefficient (Wildman–Crippen LogP) is 6.04. The molecule has 1 aliphatic carbocycles. The molecule has 0 bridgehead atoms. The molecule has 3 aromatic rings. The molecule has 0 N–H and O–H groups in total. The van der Waals surface area contributed by atoms with E-state index in [4.69, 9.17) is 9.72 Å². The Bertz CT molecular complexity index is 1040. The Morgan fingerprint density at radius 1 is 1.13 bits per heavy atom. The Morgan fingerprint density at radius 3 is 2.57 bits per heavy atom. The Labute approximate surface area is 179 Å². The van der Waals surface area contributed by atoms with Gasteiger partial charge in [0.15, 0.2) is 0 Å². The zero-order chi connectivity index (χ0) is 21.3. The quantitative estimate of drug-likeness (QED) is 0.503. The van der Waals surface area contributed by atoms with Crippen LogP contribution in [0.4, 0.5) is 0 Å². The smallest absolute Gasteiger partial charge is 0.132 e. The number of ketones is 1. The Balaban J connectivity index is 1.56. The Kier molecular flexibility index (Phi) is 5.94. The second kappa shape index (κ2) is 8.63.